The SMILES string of the molecule is CN(C)CC(O)Cn1cc(NC(=O)Nc2ccc(-n3cccn3)c(Cl)c2)cn1. The van der Waals surface area contributed by atoms with Gasteiger partial charge in [-0.3, -0.25) is 4.68 Å². The van der Waals surface area contributed by atoms with Crippen LogP contribution in [0, 0.1) is 0 Å². The quantitative estimate of drug-likeness (QED) is 0.562. The molecule has 0 spiro atoms. The van der Waals surface area contributed by atoms with Crippen molar-refractivity contribution < 1.29 is 9.90 Å². The zero-order valence-corrected chi connectivity index (χ0v) is 16.3. The number of nitrogens with zero attached hydrogens (tertiary/aromatic N) is 5. The number of hydrogen-bond donors (Lipinski definition) is 3. The van der Waals surface area contributed by atoms with Crippen LogP contribution in [0.15, 0.2) is 49.1 Å². The minimum Gasteiger partial charge on any atom is -0.390 e. The molecular formula is C18H22ClN7O2. The Morgan fingerprint density at radius 1 is 1.29 bits per heavy atom. The lowest BCUT2D eigenvalue weighted by Gasteiger charge is -2.15. The monoisotopic (exact) mass is 403 g/mol. The van der Waals surface area contributed by atoms with Gasteiger partial charge in [0, 0.05) is 30.8 Å². The van der Waals surface area contributed by atoms with Crippen LogP contribution >= 0.6 is 11.6 Å². The Morgan fingerprint density at radius 3 is 2.75 bits per heavy atom. The van der Waals surface area contributed by atoms with Crippen LogP contribution in [-0.4, -0.2) is 62.3 Å². The van der Waals surface area contributed by atoms with Gasteiger partial charge >= 0.3 is 6.03 Å². The summed E-state index contributed by atoms with van der Waals surface area (Å²) in [5.41, 5.74) is 1.79. The number of aliphatic hydroxyl groups excluding tert-OH is 1. The summed E-state index contributed by atoms with van der Waals surface area (Å²) in [6, 6.07) is 6.55. The zero-order valence-electron chi connectivity index (χ0n) is 15.6. The minimum absolute atomic E-state index is 0.339. The number of aliphatic hydroxyl groups is 1. The predicted octanol–water partition coefficient (Wildman–Crippen LogP) is 2.29. The van der Waals surface area contributed by atoms with Crippen LogP contribution < -0.4 is 10.6 Å². The molecule has 148 valence electrons. The molecule has 2 aromatic heterocycles. The van der Waals surface area contributed by atoms with Gasteiger partial charge in [-0.05, 0) is 38.4 Å². The van der Waals surface area contributed by atoms with Gasteiger partial charge in [0.15, 0.2) is 0 Å². The average Bonchev–Trinajstić information content (AvgIpc) is 3.26. The number of halogens is 1. The number of aromatic nitrogens is 4. The van der Waals surface area contributed by atoms with Crippen molar-refractivity contribution in [3.8, 4) is 5.69 Å². The third-order valence-electron chi connectivity index (χ3n) is 3.82. The number of carbonyl (C=O) groups excluding carboxylic acids is 1. The first-order valence-electron chi connectivity index (χ1n) is 8.63. The van der Waals surface area contributed by atoms with E-state index >= 15 is 0 Å². The average molecular weight is 404 g/mol. The molecule has 0 fully saturated rings. The number of carbonyl (C=O) groups is 1. The van der Waals surface area contributed by atoms with Crippen LogP contribution in [0.4, 0.5) is 16.2 Å². The molecule has 0 saturated carbocycles. The molecule has 28 heavy (non-hydrogen) atoms. The predicted molar refractivity (Wildman–Crippen MR) is 108 cm³/mol. The molecule has 3 aromatic rings. The van der Waals surface area contributed by atoms with Crippen LogP contribution in [0.3, 0.4) is 0 Å². The number of nitrogens with one attached hydrogen (secondary N) is 2. The summed E-state index contributed by atoms with van der Waals surface area (Å²) in [5.74, 6) is 0. The first-order valence-corrected chi connectivity index (χ1v) is 9.01. The van der Waals surface area contributed by atoms with Gasteiger partial charge in [-0.15, -0.1) is 0 Å². The van der Waals surface area contributed by atoms with Gasteiger partial charge in [-0.25, -0.2) is 9.48 Å². The fraction of sp³-hybridized carbons (Fsp3) is 0.278. The Kier molecular flexibility index (Phi) is 6.30. The fourth-order valence-corrected chi connectivity index (χ4v) is 2.97. The highest BCUT2D eigenvalue weighted by Crippen LogP contribution is 2.24. The second kappa shape index (κ2) is 8.87. The Bertz CT molecular complexity index is 924. The number of amides is 2. The molecule has 0 saturated heterocycles. The Hall–Kier alpha value is -2.88. The van der Waals surface area contributed by atoms with E-state index in [4.69, 9.17) is 11.6 Å². The maximum Gasteiger partial charge on any atom is 0.323 e. The first-order chi connectivity index (χ1) is 13.4. The lowest BCUT2D eigenvalue weighted by atomic mass is 10.3. The van der Waals surface area contributed by atoms with Crippen molar-refractivity contribution in [2.75, 3.05) is 31.3 Å². The minimum atomic E-state index is -0.549. The second-order valence-corrected chi connectivity index (χ2v) is 6.97. The largest absolute Gasteiger partial charge is 0.390 e. The summed E-state index contributed by atoms with van der Waals surface area (Å²) in [6.45, 7) is 0.865. The number of urea groups is 1. The Morgan fingerprint density at radius 2 is 2.07 bits per heavy atom. The highest BCUT2D eigenvalue weighted by molar-refractivity contribution is 6.32. The van der Waals surface area contributed by atoms with E-state index in [-0.39, 0.29) is 0 Å². The van der Waals surface area contributed by atoms with Gasteiger partial charge in [-0.1, -0.05) is 11.6 Å². The van der Waals surface area contributed by atoms with Crippen LogP contribution in [-0.2, 0) is 6.54 Å². The van der Waals surface area contributed by atoms with Gasteiger partial charge in [0.05, 0.1) is 35.2 Å². The molecule has 3 rings (SSSR count). The molecule has 0 aliphatic heterocycles. The molecule has 1 unspecified atom stereocenters. The van der Waals surface area contributed by atoms with Gasteiger partial charge < -0.3 is 20.6 Å². The summed E-state index contributed by atoms with van der Waals surface area (Å²) in [7, 11) is 3.77. The van der Waals surface area contributed by atoms with Crippen LogP contribution in [0.25, 0.3) is 5.69 Å². The number of rotatable bonds is 7. The number of hydrogen-bond acceptors (Lipinski definition) is 5. The molecule has 1 aromatic carbocycles. The Balaban J connectivity index is 1.57. The van der Waals surface area contributed by atoms with Crippen LogP contribution in [0.5, 0.6) is 0 Å². The summed E-state index contributed by atoms with van der Waals surface area (Å²) in [4.78, 5) is 14.1. The van der Waals surface area contributed by atoms with Crippen molar-refractivity contribution >= 4 is 29.0 Å². The van der Waals surface area contributed by atoms with Gasteiger partial charge in [0.2, 0.25) is 0 Å². The van der Waals surface area contributed by atoms with Crippen molar-refractivity contribution in [3.05, 3.63) is 54.1 Å². The maximum atomic E-state index is 12.2. The van der Waals surface area contributed by atoms with Gasteiger partial charge in [-0.2, -0.15) is 10.2 Å². The molecule has 0 bridgehead atoms. The van der Waals surface area contributed by atoms with Crippen molar-refractivity contribution in [1.29, 1.82) is 0 Å². The standard InChI is InChI=1S/C18H22ClN7O2/c1-24(2)11-15(27)12-25-10-14(9-21-25)23-18(28)22-13-4-5-17(16(19)8-13)26-7-3-6-20-26/h3-10,15,27H,11-12H2,1-2H3,(H2,22,23,28). The Labute approximate surface area is 167 Å². The molecular weight excluding hydrogens is 382 g/mol. The highest BCUT2D eigenvalue weighted by atomic mass is 35.5. The van der Waals surface area contributed by atoms with E-state index in [0.29, 0.717) is 29.5 Å². The lowest BCUT2D eigenvalue weighted by molar-refractivity contribution is 0.116. The van der Waals surface area contributed by atoms with E-state index in [1.807, 2.05) is 19.0 Å². The third kappa shape index (κ3) is 5.32. The molecule has 10 heteroatoms. The molecule has 0 aliphatic rings. The summed E-state index contributed by atoms with van der Waals surface area (Å²) >= 11 is 6.28. The van der Waals surface area contributed by atoms with Gasteiger partial charge in [0.1, 0.15) is 0 Å². The van der Waals surface area contributed by atoms with E-state index in [1.165, 1.54) is 6.20 Å². The van der Waals surface area contributed by atoms with Crippen LogP contribution in [0.2, 0.25) is 5.02 Å². The highest BCUT2D eigenvalue weighted by Gasteiger charge is 2.10. The first kappa shape index (κ1) is 19.9. The lowest BCUT2D eigenvalue weighted by Crippen LogP contribution is -2.29. The normalized spacial score (nSPS) is 12.2. The van der Waals surface area contributed by atoms with Crippen molar-refractivity contribution in [2.45, 2.75) is 12.6 Å². The summed E-state index contributed by atoms with van der Waals surface area (Å²) in [5, 5.41) is 24.1. The van der Waals surface area contributed by atoms with E-state index in [0.717, 1.165) is 5.69 Å². The van der Waals surface area contributed by atoms with Gasteiger partial charge in [0.25, 0.3) is 0 Å². The number of anilines is 2. The molecule has 1 atom stereocenters. The van der Waals surface area contributed by atoms with Crippen LogP contribution in [0.1, 0.15) is 0 Å². The van der Waals surface area contributed by atoms with Crippen molar-refractivity contribution in [1.82, 2.24) is 24.5 Å². The number of likely N-dealkylation sites (N-methyl/N-ethyl adjacent to an activating group) is 1. The second-order valence-electron chi connectivity index (χ2n) is 6.56. The molecule has 2 heterocycles. The smallest absolute Gasteiger partial charge is 0.323 e. The molecule has 0 aliphatic carbocycles. The topological polar surface area (TPSA) is 100 Å². The maximum absolute atomic E-state index is 12.2. The van der Waals surface area contributed by atoms with Crippen molar-refractivity contribution in [3.63, 3.8) is 0 Å². The van der Waals surface area contributed by atoms with Crippen molar-refractivity contribution in [2.24, 2.45) is 0 Å². The molecule has 2 amide bonds. The van der Waals surface area contributed by atoms with E-state index in [1.54, 1.807) is 52.2 Å². The fourth-order valence-electron chi connectivity index (χ4n) is 2.70. The molecule has 0 radical (unpaired) electrons. The molecule has 9 nitrogen and oxygen atoms in total. The van der Waals surface area contributed by atoms with E-state index < -0.39 is 12.1 Å². The van der Waals surface area contributed by atoms with E-state index in [2.05, 4.69) is 20.8 Å². The van der Waals surface area contributed by atoms with E-state index in [9.17, 15) is 9.90 Å². The summed E-state index contributed by atoms with van der Waals surface area (Å²) in [6.07, 6.45) is 6.08. The summed E-state index contributed by atoms with van der Waals surface area (Å²) < 4.78 is 3.23. The number of benzene rings is 1. The molecule has 3 N–H and O–H groups in total. The third-order valence-corrected chi connectivity index (χ3v) is 4.12. The zero-order chi connectivity index (χ0) is 20.1.